The Balaban J connectivity index is 1.70. The molecule has 1 saturated heterocycles. The molecule has 7 nitrogen and oxygen atoms in total. The van der Waals surface area contributed by atoms with Gasteiger partial charge in [-0.3, -0.25) is 4.79 Å². The summed E-state index contributed by atoms with van der Waals surface area (Å²) >= 11 is 0. The zero-order valence-electron chi connectivity index (χ0n) is 15.8. The molecule has 2 heterocycles. The fraction of sp³-hybridized carbons (Fsp3) is 0.579. The summed E-state index contributed by atoms with van der Waals surface area (Å²) in [6, 6.07) is 5.81. The van der Waals surface area contributed by atoms with Crippen LogP contribution >= 0.6 is 0 Å². The number of hydrogen-bond donors (Lipinski definition) is 1. The lowest BCUT2D eigenvalue weighted by atomic mass is 9.98. The number of hydrogen-bond acceptors (Lipinski definition) is 5. The Morgan fingerprint density at radius 2 is 2.00 bits per heavy atom. The molecule has 1 aromatic rings. The van der Waals surface area contributed by atoms with E-state index in [0.717, 1.165) is 16.8 Å². The number of carbonyl (C=O) groups excluding carboxylic acids is 2. The number of anilines is 1. The Hall–Kier alpha value is -2.12. The maximum atomic E-state index is 11.9. The van der Waals surface area contributed by atoms with Crippen molar-refractivity contribution in [1.82, 2.24) is 5.32 Å². The highest BCUT2D eigenvalue weighted by Crippen LogP contribution is 2.38. The fourth-order valence-electron chi connectivity index (χ4n) is 3.26. The third kappa shape index (κ3) is 3.83. The van der Waals surface area contributed by atoms with E-state index in [9.17, 15) is 9.59 Å². The van der Waals surface area contributed by atoms with Gasteiger partial charge in [-0.25, -0.2) is 4.79 Å². The van der Waals surface area contributed by atoms with Crippen molar-refractivity contribution in [2.75, 3.05) is 31.7 Å². The summed E-state index contributed by atoms with van der Waals surface area (Å²) in [6.07, 6.45) is 0.368. The second kappa shape index (κ2) is 6.89. The molecule has 0 radical (unpaired) electrons. The molecule has 142 valence electrons. The number of nitrogens with zero attached hydrogens (tertiary/aromatic N) is 1. The highest BCUT2D eigenvalue weighted by Gasteiger charge is 2.39. The molecule has 2 amide bonds. The minimum absolute atomic E-state index is 0.0750. The highest BCUT2D eigenvalue weighted by molar-refractivity contribution is 6.00. The first-order valence-corrected chi connectivity index (χ1v) is 8.85. The molecule has 1 fully saturated rings. The highest BCUT2D eigenvalue weighted by atomic mass is 16.7. The zero-order valence-corrected chi connectivity index (χ0v) is 15.8. The summed E-state index contributed by atoms with van der Waals surface area (Å²) in [5, 5.41) is 2.74. The Morgan fingerprint density at radius 3 is 2.65 bits per heavy atom. The van der Waals surface area contributed by atoms with Crippen molar-refractivity contribution in [3.8, 4) is 0 Å². The van der Waals surface area contributed by atoms with Gasteiger partial charge in [0.15, 0.2) is 5.79 Å². The SMILES string of the molecule is CN1C(=O)Cc2cc(C3(CCNC(=O)OC(C)(C)C)OCCO3)ccc21. The summed E-state index contributed by atoms with van der Waals surface area (Å²) in [5.41, 5.74) is 2.20. The van der Waals surface area contributed by atoms with E-state index < -0.39 is 17.5 Å². The quantitative estimate of drug-likeness (QED) is 0.889. The van der Waals surface area contributed by atoms with E-state index in [4.69, 9.17) is 14.2 Å². The Labute approximate surface area is 153 Å². The lowest BCUT2D eigenvalue weighted by Gasteiger charge is -2.29. The van der Waals surface area contributed by atoms with Crippen molar-refractivity contribution in [2.24, 2.45) is 0 Å². The van der Waals surface area contributed by atoms with Gasteiger partial charge in [0.25, 0.3) is 0 Å². The monoisotopic (exact) mass is 362 g/mol. The average molecular weight is 362 g/mol. The number of fused-ring (bicyclic) bond motifs is 1. The smallest absolute Gasteiger partial charge is 0.407 e. The number of rotatable bonds is 4. The van der Waals surface area contributed by atoms with E-state index >= 15 is 0 Å². The first-order valence-electron chi connectivity index (χ1n) is 8.85. The summed E-state index contributed by atoms with van der Waals surface area (Å²) in [6.45, 7) is 6.79. The van der Waals surface area contributed by atoms with Crippen molar-refractivity contribution >= 4 is 17.7 Å². The van der Waals surface area contributed by atoms with Gasteiger partial charge < -0.3 is 24.4 Å². The van der Waals surface area contributed by atoms with E-state index in [-0.39, 0.29) is 5.91 Å². The normalized spacial score (nSPS) is 18.8. The Morgan fingerprint density at radius 1 is 1.31 bits per heavy atom. The van der Waals surface area contributed by atoms with Crippen LogP contribution in [0.25, 0.3) is 0 Å². The maximum Gasteiger partial charge on any atom is 0.407 e. The summed E-state index contributed by atoms with van der Waals surface area (Å²) in [4.78, 5) is 25.4. The number of carbonyl (C=O) groups is 2. The first kappa shape index (κ1) is 18.7. The molecule has 2 aliphatic rings. The molecule has 1 N–H and O–H groups in total. The van der Waals surface area contributed by atoms with Crippen LogP contribution in [0.15, 0.2) is 18.2 Å². The molecule has 26 heavy (non-hydrogen) atoms. The van der Waals surface area contributed by atoms with E-state index in [1.165, 1.54) is 0 Å². The van der Waals surface area contributed by atoms with Gasteiger partial charge in [-0.15, -0.1) is 0 Å². The predicted octanol–water partition coefficient (Wildman–Crippen LogP) is 2.32. The summed E-state index contributed by atoms with van der Waals surface area (Å²) in [7, 11) is 1.77. The van der Waals surface area contributed by atoms with Gasteiger partial charge in [-0.1, -0.05) is 6.07 Å². The fourth-order valence-corrected chi connectivity index (χ4v) is 3.26. The minimum atomic E-state index is -0.908. The number of alkyl carbamates (subject to hydrolysis) is 1. The van der Waals surface area contributed by atoms with Gasteiger partial charge in [0.1, 0.15) is 5.60 Å². The second-order valence-corrected chi connectivity index (χ2v) is 7.60. The van der Waals surface area contributed by atoms with Crippen LogP contribution in [0.3, 0.4) is 0 Å². The number of nitrogens with one attached hydrogen (secondary N) is 1. The lowest BCUT2D eigenvalue weighted by Crippen LogP contribution is -2.37. The second-order valence-electron chi connectivity index (χ2n) is 7.60. The number of ether oxygens (including phenoxy) is 3. The molecule has 0 aliphatic carbocycles. The third-order valence-electron chi connectivity index (χ3n) is 4.47. The summed E-state index contributed by atoms with van der Waals surface area (Å²) in [5.74, 6) is -0.833. The third-order valence-corrected chi connectivity index (χ3v) is 4.47. The van der Waals surface area contributed by atoms with Gasteiger partial charge in [-0.05, 0) is 38.5 Å². The number of amides is 2. The molecule has 0 atom stereocenters. The van der Waals surface area contributed by atoms with Crippen LogP contribution in [0, 0.1) is 0 Å². The lowest BCUT2D eigenvalue weighted by molar-refractivity contribution is -0.169. The van der Waals surface area contributed by atoms with Gasteiger partial charge in [-0.2, -0.15) is 0 Å². The maximum absolute atomic E-state index is 11.9. The van der Waals surface area contributed by atoms with Gasteiger partial charge in [0, 0.05) is 31.3 Å². The molecular weight excluding hydrogens is 336 g/mol. The molecule has 0 aromatic heterocycles. The van der Waals surface area contributed by atoms with E-state index in [0.29, 0.717) is 32.6 Å². The predicted molar refractivity (Wildman–Crippen MR) is 96.0 cm³/mol. The number of likely N-dealkylation sites (N-methyl/N-ethyl adjacent to an activating group) is 1. The molecule has 0 unspecified atom stereocenters. The van der Waals surface area contributed by atoms with Crippen molar-refractivity contribution < 1.29 is 23.8 Å². The zero-order chi connectivity index (χ0) is 18.9. The van der Waals surface area contributed by atoms with Crippen LogP contribution in [0.4, 0.5) is 10.5 Å². The van der Waals surface area contributed by atoms with Crippen LogP contribution in [0.2, 0.25) is 0 Å². The number of benzene rings is 1. The minimum Gasteiger partial charge on any atom is -0.444 e. The largest absolute Gasteiger partial charge is 0.444 e. The van der Waals surface area contributed by atoms with Gasteiger partial charge >= 0.3 is 6.09 Å². The van der Waals surface area contributed by atoms with Crippen LogP contribution in [0.1, 0.15) is 38.3 Å². The average Bonchev–Trinajstić information content (AvgIpc) is 3.12. The topological polar surface area (TPSA) is 77.1 Å². The molecule has 0 saturated carbocycles. The molecule has 2 aliphatic heterocycles. The molecule has 0 spiro atoms. The van der Waals surface area contributed by atoms with Crippen molar-refractivity contribution in [3.05, 3.63) is 29.3 Å². The van der Waals surface area contributed by atoms with Crippen LogP contribution in [0.5, 0.6) is 0 Å². The van der Waals surface area contributed by atoms with Crippen LogP contribution in [-0.2, 0) is 31.2 Å². The van der Waals surface area contributed by atoms with Crippen molar-refractivity contribution in [3.63, 3.8) is 0 Å². The van der Waals surface area contributed by atoms with Crippen molar-refractivity contribution in [2.45, 2.75) is 45.0 Å². The summed E-state index contributed by atoms with van der Waals surface area (Å²) < 4.78 is 17.1. The molecule has 7 heteroatoms. The van der Waals surface area contributed by atoms with Crippen LogP contribution in [-0.4, -0.2) is 44.4 Å². The molecule has 1 aromatic carbocycles. The van der Waals surface area contributed by atoms with E-state index in [1.807, 2.05) is 39.0 Å². The van der Waals surface area contributed by atoms with Crippen molar-refractivity contribution in [1.29, 1.82) is 0 Å². The molecular formula is C19H26N2O5. The Bertz CT molecular complexity index is 704. The molecule has 3 rings (SSSR count). The van der Waals surface area contributed by atoms with Gasteiger partial charge in [0.2, 0.25) is 5.91 Å². The standard InChI is InChI=1S/C19H26N2O5/c1-18(2,3)26-17(23)20-8-7-19(24-9-10-25-19)14-5-6-15-13(11-14)12-16(22)21(15)4/h5-6,11H,7-10,12H2,1-4H3,(H,20,23). The van der Waals surface area contributed by atoms with Gasteiger partial charge in [0.05, 0.1) is 19.6 Å². The van der Waals surface area contributed by atoms with E-state index in [1.54, 1.807) is 11.9 Å². The molecule has 0 bridgehead atoms. The van der Waals surface area contributed by atoms with Crippen LogP contribution < -0.4 is 10.2 Å². The first-order chi connectivity index (χ1) is 12.2. The van der Waals surface area contributed by atoms with E-state index in [2.05, 4.69) is 5.32 Å². The Kier molecular flexibility index (Phi) is 4.94.